The van der Waals surface area contributed by atoms with E-state index in [-0.39, 0.29) is 18.0 Å². The molecule has 4 nitrogen and oxygen atoms in total. The molecule has 0 fully saturated rings. The van der Waals surface area contributed by atoms with Gasteiger partial charge in [0.15, 0.2) is 0 Å². The predicted molar refractivity (Wildman–Crippen MR) is 171 cm³/mol. The Morgan fingerprint density at radius 3 is 1.23 bits per heavy atom. The van der Waals surface area contributed by atoms with Crippen LogP contribution < -0.4 is 0 Å². The zero-order valence-electron chi connectivity index (χ0n) is 26.9. The second-order valence-corrected chi connectivity index (χ2v) is 12.1. The van der Waals surface area contributed by atoms with E-state index in [2.05, 4.69) is 26.0 Å². The number of hydrogen-bond donors (Lipinski definition) is 1. The van der Waals surface area contributed by atoms with Crippen LogP contribution in [-0.2, 0) is 14.3 Å². The molecule has 0 aliphatic heterocycles. The van der Waals surface area contributed by atoms with Crippen LogP contribution in [0.5, 0.6) is 0 Å². The molecule has 0 spiro atoms. The molecule has 0 bridgehead atoms. The summed E-state index contributed by atoms with van der Waals surface area (Å²) in [5.41, 5.74) is 0. The molecule has 236 valence electrons. The highest BCUT2D eigenvalue weighted by molar-refractivity contribution is 5.85. The summed E-state index contributed by atoms with van der Waals surface area (Å²) in [6, 6.07) is 0. The molecular weight excluding hydrogens is 496 g/mol. The number of carbonyl (C=O) groups is 2. The maximum absolute atomic E-state index is 11.9. The van der Waals surface area contributed by atoms with E-state index < -0.39 is 0 Å². The van der Waals surface area contributed by atoms with Crippen LogP contribution >= 0.6 is 0 Å². The normalized spacial score (nSPS) is 12.3. The molecule has 1 N–H and O–H groups in total. The van der Waals surface area contributed by atoms with Crippen molar-refractivity contribution in [2.45, 2.75) is 206 Å². The van der Waals surface area contributed by atoms with Crippen molar-refractivity contribution < 1.29 is 19.4 Å². The van der Waals surface area contributed by atoms with Crippen LogP contribution in [0.25, 0.3) is 0 Å². The second kappa shape index (κ2) is 32.4. The van der Waals surface area contributed by atoms with E-state index in [4.69, 9.17) is 4.74 Å². The summed E-state index contributed by atoms with van der Waals surface area (Å²) in [6.07, 6.45) is 37.0. The number of aliphatic hydroxyl groups is 1. The van der Waals surface area contributed by atoms with E-state index in [1.165, 1.54) is 103 Å². The van der Waals surface area contributed by atoms with Crippen molar-refractivity contribution in [2.24, 2.45) is 0 Å². The number of ether oxygens (including phenoxy) is 1. The summed E-state index contributed by atoms with van der Waals surface area (Å²) in [6.45, 7) is 4.51. The maximum atomic E-state index is 11.9. The summed E-state index contributed by atoms with van der Waals surface area (Å²) < 4.78 is 4.98. The maximum Gasteiger partial charge on any atom is 0.313 e. The fourth-order valence-electron chi connectivity index (χ4n) is 5.23. The molecule has 0 radical (unpaired) electrons. The molecule has 0 aromatic rings. The Morgan fingerprint density at radius 1 is 0.500 bits per heavy atom. The van der Waals surface area contributed by atoms with Crippen LogP contribution in [-0.4, -0.2) is 23.1 Å². The minimum Gasteiger partial charge on any atom is -0.393 e. The Bertz CT molecular complexity index is 571. The second-order valence-electron chi connectivity index (χ2n) is 12.1. The molecule has 0 aliphatic carbocycles. The highest BCUT2D eigenvalue weighted by Crippen LogP contribution is 2.15. The highest BCUT2D eigenvalue weighted by atomic mass is 16.6. The quantitative estimate of drug-likeness (QED) is 0.0393. The van der Waals surface area contributed by atoms with E-state index in [1.807, 2.05) is 0 Å². The van der Waals surface area contributed by atoms with Crippen LogP contribution in [0.2, 0.25) is 0 Å². The van der Waals surface area contributed by atoms with E-state index in [1.54, 1.807) is 0 Å². The lowest BCUT2D eigenvalue weighted by Crippen LogP contribution is -2.11. The molecule has 0 heterocycles. The van der Waals surface area contributed by atoms with Crippen molar-refractivity contribution in [3.8, 4) is 0 Å². The molecule has 0 amide bonds. The standard InChI is InChI=1S/C36H68O4/c1-3-5-7-9-11-13-14-15-16-17-18-19-21-23-28-32-35(38)40-36(39)33-29-25-24-27-31-34(37)30-26-22-20-12-10-8-6-4-2/h15-16,34,37H,3-14,17-33H2,1-2H3/b16-15-. The van der Waals surface area contributed by atoms with Gasteiger partial charge >= 0.3 is 11.9 Å². The lowest BCUT2D eigenvalue weighted by atomic mass is 10.0. The van der Waals surface area contributed by atoms with Crippen LogP contribution in [0.1, 0.15) is 200 Å². The average molecular weight is 565 g/mol. The van der Waals surface area contributed by atoms with Gasteiger partial charge in [0.25, 0.3) is 0 Å². The first-order valence-electron chi connectivity index (χ1n) is 17.7. The van der Waals surface area contributed by atoms with E-state index in [0.29, 0.717) is 12.8 Å². The molecule has 4 heteroatoms. The highest BCUT2D eigenvalue weighted by Gasteiger charge is 2.10. The zero-order valence-corrected chi connectivity index (χ0v) is 26.9. The van der Waals surface area contributed by atoms with Crippen LogP contribution in [0.15, 0.2) is 12.2 Å². The van der Waals surface area contributed by atoms with Crippen molar-refractivity contribution >= 4 is 11.9 Å². The number of unbranched alkanes of at least 4 members (excludes halogenated alkanes) is 21. The molecule has 40 heavy (non-hydrogen) atoms. The first-order valence-corrected chi connectivity index (χ1v) is 17.7. The van der Waals surface area contributed by atoms with Crippen molar-refractivity contribution in [1.82, 2.24) is 0 Å². The summed E-state index contributed by atoms with van der Waals surface area (Å²) in [5.74, 6) is -0.751. The third kappa shape index (κ3) is 31.4. The molecule has 1 unspecified atom stereocenters. The molecule has 0 saturated heterocycles. The molecular formula is C36H68O4. The minimum absolute atomic E-state index is 0.181. The molecule has 0 aromatic heterocycles. The van der Waals surface area contributed by atoms with E-state index in [0.717, 1.165) is 70.6 Å². The van der Waals surface area contributed by atoms with Crippen LogP contribution in [0, 0.1) is 0 Å². The minimum atomic E-state index is -0.382. The lowest BCUT2D eigenvalue weighted by Gasteiger charge is -2.10. The van der Waals surface area contributed by atoms with Gasteiger partial charge in [0.2, 0.25) is 0 Å². The molecule has 0 aromatic carbocycles. The number of carbonyl (C=O) groups excluding carboxylic acids is 2. The summed E-state index contributed by atoms with van der Waals surface area (Å²) in [5, 5.41) is 10.2. The summed E-state index contributed by atoms with van der Waals surface area (Å²) >= 11 is 0. The largest absolute Gasteiger partial charge is 0.393 e. The molecule has 0 rings (SSSR count). The van der Waals surface area contributed by atoms with Gasteiger partial charge < -0.3 is 9.84 Å². The SMILES string of the molecule is CCCCCCCC/C=C\CCCCCCCC(=O)OC(=O)CCCCCCC(O)CCCCCCCCCC. The lowest BCUT2D eigenvalue weighted by molar-refractivity contribution is -0.159. The van der Waals surface area contributed by atoms with Gasteiger partial charge in [-0.05, 0) is 51.4 Å². The van der Waals surface area contributed by atoms with E-state index in [9.17, 15) is 14.7 Å². The van der Waals surface area contributed by atoms with Gasteiger partial charge in [0.05, 0.1) is 6.10 Å². The van der Waals surface area contributed by atoms with Gasteiger partial charge in [-0.3, -0.25) is 9.59 Å². The van der Waals surface area contributed by atoms with Crippen LogP contribution in [0.3, 0.4) is 0 Å². The Kier molecular flexibility index (Phi) is 31.4. The molecule has 0 aliphatic rings. The molecule has 1 atom stereocenters. The van der Waals surface area contributed by atoms with Gasteiger partial charge in [0, 0.05) is 12.8 Å². The third-order valence-corrected chi connectivity index (χ3v) is 7.93. The van der Waals surface area contributed by atoms with Gasteiger partial charge in [-0.25, -0.2) is 0 Å². The topological polar surface area (TPSA) is 63.6 Å². The number of rotatable bonds is 31. The van der Waals surface area contributed by atoms with Gasteiger partial charge in [-0.2, -0.15) is 0 Å². The Hall–Kier alpha value is -1.16. The monoisotopic (exact) mass is 565 g/mol. The Labute approximate surface area is 249 Å². The fourth-order valence-corrected chi connectivity index (χ4v) is 5.23. The zero-order chi connectivity index (χ0) is 29.4. The Morgan fingerprint density at radius 2 is 0.825 bits per heavy atom. The van der Waals surface area contributed by atoms with Crippen LogP contribution in [0.4, 0.5) is 0 Å². The first kappa shape index (κ1) is 38.8. The number of allylic oxidation sites excluding steroid dienone is 2. The van der Waals surface area contributed by atoms with Gasteiger partial charge in [-0.1, -0.05) is 148 Å². The van der Waals surface area contributed by atoms with Gasteiger partial charge in [-0.15, -0.1) is 0 Å². The number of hydrogen-bond acceptors (Lipinski definition) is 4. The van der Waals surface area contributed by atoms with Crippen molar-refractivity contribution in [1.29, 1.82) is 0 Å². The average Bonchev–Trinajstić information content (AvgIpc) is 2.94. The van der Waals surface area contributed by atoms with Crippen molar-refractivity contribution in [3.63, 3.8) is 0 Å². The van der Waals surface area contributed by atoms with E-state index >= 15 is 0 Å². The summed E-state index contributed by atoms with van der Waals surface area (Å²) in [4.78, 5) is 23.8. The van der Waals surface area contributed by atoms with Gasteiger partial charge in [0.1, 0.15) is 0 Å². The first-order chi connectivity index (χ1) is 19.6. The third-order valence-electron chi connectivity index (χ3n) is 7.93. The number of aliphatic hydroxyl groups excluding tert-OH is 1. The molecule has 0 saturated carbocycles. The van der Waals surface area contributed by atoms with Crippen molar-refractivity contribution in [3.05, 3.63) is 12.2 Å². The number of esters is 2. The van der Waals surface area contributed by atoms with Crippen molar-refractivity contribution in [2.75, 3.05) is 0 Å². The Balaban J connectivity index is 3.41. The fraction of sp³-hybridized carbons (Fsp3) is 0.889. The predicted octanol–water partition coefficient (Wildman–Crippen LogP) is 11.3. The smallest absolute Gasteiger partial charge is 0.313 e. The summed E-state index contributed by atoms with van der Waals surface area (Å²) in [7, 11) is 0.